The molecule has 20 heavy (non-hydrogen) atoms. The third kappa shape index (κ3) is 3.05. The van der Waals surface area contributed by atoms with Crippen LogP contribution in [0.4, 0.5) is 11.4 Å². The summed E-state index contributed by atoms with van der Waals surface area (Å²) in [5, 5.41) is 0.253. The zero-order valence-electron chi connectivity index (χ0n) is 10.4. The molecule has 1 aromatic carbocycles. The van der Waals surface area contributed by atoms with E-state index < -0.39 is 10.0 Å². The second kappa shape index (κ2) is 5.59. The highest BCUT2D eigenvalue weighted by atomic mass is 79.9. The van der Waals surface area contributed by atoms with Gasteiger partial charge in [-0.2, -0.15) is 0 Å². The normalized spacial score (nSPS) is 11.3. The molecule has 2 aromatic rings. The fourth-order valence-corrected chi connectivity index (χ4v) is 3.57. The van der Waals surface area contributed by atoms with Crippen molar-refractivity contribution in [3.05, 3.63) is 45.7 Å². The summed E-state index contributed by atoms with van der Waals surface area (Å²) < 4.78 is 27.7. The monoisotopic (exact) mass is 375 g/mol. The van der Waals surface area contributed by atoms with Crippen LogP contribution >= 0.6 is 27.5 Å². The molecule has 0 spiro atoms. The van der Waals surface area contributed by atoms with Gasteiger partial charge in [-0.3, -0.25) is 4.72 Å². The fraction of sp³-hybridized carbons (Fsp3) is 0.0833. The number of aryl methyl sites for hydroxylation is 1. The standard InChI is InChI=1S/C12H11BrClN3O2S/c1-7-3-2-4-10(15)11(7)20(18,19)17-8-5-9(13)12(14)16-6-8/h2-6,17H,15H2,1H3. The van der Waals surface area contributed by atoms with Crippen LogP contribution in [0.2, 0.25) is 5.15 Å². The van der Waals surface area contributed by atoms with Gasteiger partial charge in [0.25, 0.3) is 10.0 Å². The van der Waals surface area contributed by atoms with Gasteiger partial charge in [0.2, 0.25) is 0 Å². The average Bonchev–Trinajstić information content (AvgIpc) is 2.33. The van der Waals surface area contributed by atoms with Crippen LogP contribution in [0.5, 0.6) is 0 Å². The van der Waals surface area contributed by atoms with E-state index in [2.05, 4.69) is 25.6 Å². The number of sulfonamides is 1. The number of nitrogens with one attached hydrogen (secondary N) is 1. The SMILES string of the molecule is Cc1cccc(N)c1S(=O)(=O)Nc1cnc(Cl)c(Br)c1. The molecule has 106 valence electrons. The molecule has 0 aliphatic heterocycles. The van der Waals surface area contributed by atoms with E-state index in [1.54, 1.807) is 19.1 Å². The average molecular weight is 377 g/mol. The number of hydrogen-bond donors (Lipinski definition) is 2. The number of nitrogen functional groups attached to an aromatic ring is 1. The van der Waals surface area contributed by atoms with Gasteiger partial charge in [-0.15, -0.1) is 0 Å². The molecule has 1 aromatic heterocycles. The Balaban J connectivity index is 2.43. The second-order valence-corrected chi connectivity index (χ2v) is 6.93. The van der Waals surface area contributed by atoms with E-state index in [0.717, 1.165) is 0 Å². The number of anilines is 2. The molecular weight excluding hydrogens is 366 g/mol. The summed E-state index contributed by atoms with van der Waals surface area (Å²) in [6.07, 6.45) is 1.33. The van der Waals surface area contributed by atoms with Crippen molar-refractivity contribution in [2.45, 2.75) is 11.8 Å². The van der Waals surface area contributed by atoms with Crippen LogP contribution in [0.15, 0.2) is 39.8 Å². The summed E-state index contributed by atoms with van der Waals surface area (Å²) in [7, 11) is -3.78. The van der Waals surface area contributed by atoms with Gasteiger partial charge in [0, 0.05) is 0 Å². The summed E-state index contributed by atoms with van der Waals surface area (Å²) >= 11 is 8.95. The summed E-state index contributed by atoms with van der Waals surface area (Å²) in [4.78, 5) is 3.92. The lowest BCUT2D eigenvalue weighted by molar-refractivity contribution is 0.601. The van der Waals surface area contributed by atoms with Crippen molar-refractivity contribution in [1.82, 2.24) is 4.98 Å². The first-order valence-corrected chi connectivity index (χ1v) is 8.15. The van der Waals surface area contributed by atoms with Gasteiger partial charge < -0.3 is 5.73 Å². The highest BCUT2D eigenvalue weighted by molar-refractivity contribution is 9.10. The fourth-order valence-electron chi connectivity index (χ4n) is 1.73. The third-order valence-corrected chi connectivity index (χ3v) is 5.29. The molecule has 0 aliphatic carbocycles. The number of benzene rings is 1. The highest BCUT2D eigenvalue weighted by Crippen LogP contribution is 2.27. The van der Waals surface area contributed by atoms with Crippen LogP contribution in [0, 0.1) is 6.92 Å². The van der Waals surface area contributed by atoms with Crippen molar-refractivity contribution in [3.63, 3.8) is 0 Å². The molecule has 0 amide bonds. The van der Waals surface area contributed by atoms with Gasteiger partial charge in [-0.05, 0) is 40.5 Å². The highest BCUT2D eigenvalue weighted by Gasteiger charge is 2.20. The molecular formula is C12H11BrClN3O2S. The van der Waals surface area contributed by atoms with E-state index >= 15 is 0 Å². The summed E-state index contributed by atoms with van der Waals surface area (Å²) in [6.45, 7) is 1.68. The number of pyridine rings is 1. The molecule has 8 heteroatoms. The summed E-state index contributed by atoms with van der Waals surface area (Å²) in [5.74, 6) is 0. The number of rotatable bonds is 3. The van der Waals surface area contributed by atoms with Gasteiger partial charge in [0.05, 0.1) is 22.0 Å². The Kier molecular flexibility index (Phi) is 4.22. The van der Waals surface area contributed by atoms with Crippen LogP contribution in [-0.2, 0) is 10.0 Å². The molecule has 0 fully saturated rings. The zero-order chi connectivity index (χ0) is 14.9. The summed E-state index contributed by atoms with van der Waals surface area (Å²) in [5.41, 5.74) is 6.81. The Labute approximate surface area is 130 Å². The molecule has 0 radical (unpaired) electrons. The molecule has 5 nitrogen and oxygen atoms in total. The van der Waals surface area contributed by atoms with Crippen LogP contribution < -0.4 is 10.5 Å². The van der Waals surface area contributed by atoms with Crippen LogP contribution in [0.25, 0.3) is 0 Å². The molecule has 0 atom stereocenters. The van der Waals surface area contributed by atoms with Gasteiger partial charge in [-0.1, -0.05) is 23.7 Å². The van der Waals surface area contributed by atoms with Crippen LogP contribution in [0.3, 0.4) is 0 Å². The predicted octanol–water partition coefficient (Wildman–Crippen LogP) is 3.19. The lowest BCUT2D eigenvalue weighted by Gasteiger charge is -2.12. The van der Waals surface area contributed by atoms with Gasteiger partial charge in [0.15, 0.2) is 0 Å². The Morgan fingerprint density at radius 1 is 1.40 bits per heavy atom. The molecule has 1 heterocycles. The van der Waals surface area contributed by atoms with E-state index in [4.69, 9.17) is 17.3 Å². The molecule has 0 saturated carbocycles. The second-order valence-electron chi connectivity index (χ2n) is 4.10. The third-order valence-electron chi connectivity index (χ3n) is 2.56. The van der Waals surface area contributed by atoms with E-state index in [9.17, 15) is 8.42 Å². The molecule has 0 aliphatic rings. The first kappa shape index (κ1) is 15.1. The van der Waals surface area contributed by atoms with Crippen molar-refractivity contribution < 1.29 is 8.42 Å². The Bertz CT molecular complexity index is 745. The van der Waals surface area contributed by atoms with Gasteiger partial charge in [-0.25, -0.2) is 13.4 Å². The zero-order valence-corrected chi connectivity index (χ0v) is 13.6. The van der Waals surface area contributed by atoms with E-state index in [1.807, 2.05) is 0 Å². The molecule has 0 bridgehead atoms. The van der Waals surface area contributed by atoms with Crippen LogP contribution in [-0.4, -0.2) is 13.4 Å². The maximum atomic E-state index is 12.4. The Hall–Kier alpha value is -1.31. The maximum absolute atomic E-state index is 12.4. The van der Waals surface area contributed by atoms with Crippen molar-refractivity contribution in [1.29, 1.82) is 0 Å². The maximum Gasteiger partial charge on any atom is 0.264 e. The van der Waals surface area contributed by atoms with E-state index in [1.165, 1.54) is 18.3 Å². The number of halogens is 2. The number of nitrogens with zero attached hydrogens (tertiary/aromatic N) is 1. The largest absolute Gasteiger partial charge is 0.398 e. The first-order chi connectivity index (χ1) is 9.31. The van der Waals surface area contributed by atoms with Crippen molar-refractivity contribution in [3.8, 4) is 0 Å². The quantitative estimate of drug-likeness (QED) is 0.636. The van der Waals surface area contributed by atoms with Crippen molar-refractivity contribution >= 4 is 48.9 Å². The molecule has 0 unspecified atom stereocenters. The van der Waals surface area contributed by atoms with Gasteiger partial charge in [0.1, 0.15) is 10.0 Å². The minimum Gasteiger partial charge on any atom is -0.398 e. The lowest BCUT2D eigenvalue weighted by Crippen LogP contribution is -2.16. The minimum atomic E-state index is -3.78. The lowest BCUT2D eigenvalue weighted by atomic mass is 10.2. The summed E-state index contributed by atoms with van der Waals surface area (Å²) in [6, 6.07) is 6.45. The van der Waals surface area contributed by atoms with E-state index in [-0.39, 0.29) is 15.7 Å². The topological polar surface area (TPSA) is 85.1 Å². The Morgan fingerprint density at radius 2 is 2.10 bits per heavy atom. The minimum absolute atomic E-state index is 0.0612. The van der Waals surface area contributed by atoms with Crippen molar-refractivity contribution in [2.24, 2.45) is 0 Å². The number of nitrogens with two attached hydrogens (primary N) is 1. The van der Waals surface area contributed by atoms with E-state index in [0.29, 0.717) is 15.7 Å². The van der Waals surface area contributed by atoms with Crippen LogP contribution in [0.1, 0.15) is 5.56 Å². The molecule has 0 saturated heterocycles. The first-order valence-electron chi connectivity index (χ1n) is 5.50. The molecule has 3 N–H and O–H groups in total. The number of hydrogen-bond acceptors (Lipinski definition) is 4. The predicted molar refractivity (Wildman–Crippen MR) is 83.3 cm³/mol. The number of aromatic nitrogens is 1. The smallest absolute Gasteiger partial charge is 0.264 e. The molecule has 2 rings (SSSR count). The van der Waals surface area contributed by atoms with Crippen molar-refractivity contribution in [2.75, 3.05) is 10.5 Å². The Morgan fingerprint density at radius 3 is 2.70 bits per heavy atom. The van der Waals surface area contributed by atoms with Gasteiger partial charge >= 0.3 is 0 Å².